The van der Waals surface area contributed by atoms with Crippen molar-refractivity contribution in [1.82, 2.24) is 5.32 Å². The van der Waals surface area contributed by atoms with Crippen LogP contribution in [0.15, 0.2) is 30.3 Å². The van der Waals surface area contributed by atoms with Gasteiger partial charge in [-0.15, -0.1) is 0 Å². The second kappa shape index (κ2) is 6.43. The first kappa shape index (κ1) is 15.8. The van der Waals surface area contributed by atoms with E-state index in [4.69, 9.17) is 0 Å². The van der Waals surface area contributed by atoms with Gasteiger partial charge in [0.25, 0.3) is 5.91 Å². The maximum atomic E-state index is 13.5. The fourth-order valence-electron chi connectivity index (χ4n) is 2.08. The van der Waals surface area contributed by atoms with Crippen LogP contribution in [0.25, 0.3) is 0 Å². The Hall–Kier alpha value is -1.63. The monoisotopic (exact) mass is 399 g/mol. The topological polar surface area (TPSA) is 49.3 Å². The molecule has 0 aromatic heterocycles. The van der Waals surface area contributed by atoms with E-state index in [0.717, 1.165) is 5.56 Å². The number of hydrogen-bond acceptors (Lipinski definition) is 2. The first-order chi connectivity index (χ1) is 9.88. The molecule has 3 nitrogen and oxygen atoms in total. The van der Waals surface area contributed by atoms with Gasteiger partial charge in [0.15, 0.2) is 0 Å². The normalized spacial score (nSPS) is 10.5. The number of aryl methyl sites for hydroxylation is 2. The summed E-state index contributed by atoms with van der Waals surface area (Å²) in [5.41, 5.74) is 2.36. The molecule has 0 aliphatic rings. The third-order valence-corrected chi connectivity index (χ3v) is 4.07. The standard InChI is InChI=1S/C16H15FINO2/c1-9-5-11(6-10(2)15(9)17)8-19-16(21)12-3-4-13(18)14(20)7-12/h3-7,20H,8H2,1-2H3,(H,19,21). The Bertz CT molecular complexity index is 678. The van der Waals surface area contributed by atoms with Crippen molar-refractivity contribution in [3.05, 3.63) is 62.0 Å². The third kappa shape index (κ3) is 3.72. The average molecular weight is 399 g/mol. The highest BCUT2D eigenvalue weighted by atomic mass is 127. The molecule has 0 spiro atoms. The molecule has 0 fully saturated rings. The van der Waals surface area contributed by atoms with Crippen molar-refractivity contribution >= 4 is 28.5 Å². The van der Waals surface area contributed by atoms with Crippen molar-refractivity contribution in [1.29, 1.82) is 0 Å². The smallest absolute Gasteiger partial charge is 0.251 e. The highest BCUT2D eigenvalue weighted by molar-refractivity contribution is 14.1. The summed E-state index contributed by atoms with van der Waals surface area (Å²) in [6, 6.07) is 8.19. The van der Waals surface area contributed by atoms with Gasteiger partial charge in [0, 0.05) is 12.1 Å². The van der Waals surface area contributed by atoms with Gasteiger partial charge in [-0.3, -0.25) is 4.79 Å². The Morgan fingerprint density at radius 2 is 1.86 bits per heavy atom. The van der Waals surface area contributed by atoms with Gasteiger partial charge in [-0.05, 0) is 71.3 Å². The van der Waals surface area contributed by atoms with E-state index in [9.17, 15) is 14.3 Å². The van der Waals surface area contributed by atoms with Crippen LogP contribution in [-0.4, -0.2) is 11.0 Å². The molecule has 21 heavy (non-hydrogen) atoms. The quantitative estimate of drug-likeness (QED) is 0.774. The highest BCUT2D eigenvalue weighted by Crippen LogP contribution is 2.20. The number of phenolic OH excluding ortho intramolecular Hbond substituents is 1. The Labute approximate surface area is 136 Å². The van der Waals surface area contributed by atoms with E-state index in [1.807, 2.05) is 22.6 Å². The Kier molecular flexibility index (Phi) is 4.82. The lowest BCUT2D eigenvalue weighted by molar-refractivity contribution is 0.0950. The molecule has 2 aromatic rings. The number of benzene rings is 2. The van der Waals surface area contributed by atoms with E-state index in [1.54, 1.807) is 38.1 Å². The molecule has 0 saturated heterocycles. The number of rotatable bonds is 3. The summed E-state index contributed by atoms with van der Waals surface area (Å²) in [6.45, 7) is 3.71. The fraction of sp³-hybridized carbons (Fsp3) is 0.188. The predicted molar refractivity (Wildman–Crippen MR) is 87.9 cm³/mol. The van der Waals surface area contributed by atoms with E-state index >= 15 is 0 Å². The molecule has 0 aliphatic heterocycles. The van der Waals surface area contributed by atoms with E-state index in [1.165, 1.54) is 6.07 Å². The van der Waals surface area contributed by atoms with Gasteiger partial charge in [0.05, 0.1) is 3.57 Å². The molecule has 5 heteroatoms. The van der Waals surface area contributed by atoms with Crippen molar-refractivity contribution in [2.75, 3.05) is 0 Å². The zero-order valence-corrected chi connectivity index (χ0v) is 13.9. The molecule has 2 aromatic carbocycles. The minimum atomic E-state index is -0.277. The maximum Gasteiger partial charge on any atom is 0.251 e. The van der Waals surface area contributed by atoms with Crippen molar-refractivity contribution in [3.63, 3.8) is 0 Å². The molecule has 2 N–H and O–H groups in total. The van der Waals surface area contributed by atoms with Crippen LogP contribution < -0.4 is 5.32 Å². The van der Waals surface area contributed by atoms with Crippen molar-refractivity contribution in [3.8, 4) is 5.75 Å². The molecule has 0 bridgehead atoms. The van der Waals surface area contributed by atoms with Gasteiger partial charge >= 0.3 is 0 Å². The summed E-state index contributed by atoms with van der Waals surface area (Å²) in [4.78, 5) is 12.0. The Morgan fingerprint density at radius 1 is 1.24 bits per heavy atom. The lowest BCUT2D eigenvalue weighted by Gasteiger charge is -2.09. The average Bonchev–Trinajstić information content (AvgIpc) is 2.44. The minimum Gasteiger partial charge on any atom is -0.507 e. The van der Waals surface area contributed by atoms with Crippen LogP contribution in [0.5, 0.6) is 5.75 Å². The van der Waals surface area contributed by atoms with E-state index in [2.05, 4.69) is 5.32 Å². The lowest BCUT2D eigenvalue weighted by atomic mass is 10.1. The van der Waals surface area contributed by atoms with E-state index in [0.29, 0.717) is 26.8 Å². The number of amides is 1. The maximum absolute atomic E-state index is 13.5. The van der Waals surface area contributed by atoms with E-state index < -0.39 is 0 Å². The van der Waals surface area contributed by atoms with Crippen molar-refractivity contribution in [2.45, 2.75) is 20.4 Å². The number of aromatic hydroxyl groups is 1. The Balaban J connectivity index is 2.09. The van der Waals surface area contributed by atoms with Crippen LogP contribution >= 0.6 is 22.6 Å². The SMILES string of the molecule is Cc1cc(CNC(=O)c2ccc(I)c(O)c2)cc(C)c1F. The zero-order valence-electron chi connectivity index (χ0n) is 11.7. The number of carbonyl (C=O) groups excluding carboxylic acids is 1. The van der Waals surface area contributed by atoms with Crippen LogP contribution in [0.2, 0.25) is 0 Å². The molecular weight excluding hydrogens is 384 g/mol. The minimum absolute atomic E-state index is 0.0803. The van der Waals surface area contributed by atoms with Gasteiger partial charge in [-0.1, -0.05) is 12.1 Å². The molecule has 0 unspecified atom stereocenters. The molecule has 110 valence electrons. The van der Waals surface area contributed by atoms with Gasteiger partial charge in [0.2, 0.25) is 0 Å². The van der Waals surface area contributed by atoms with Crippen LogP contribution in [0.3, 0.4) is 0 Å². The van der Waals surface area contributed by atoms with Gasteiger partial charge in [0.1, 0.15) is 11.6 Å². The summed E-state index contributed by atoms with van der Waals surface area (Å²) in [5, 5.41) is 12.4. The van der Waals surface area contributed by atoms with Crippen LogP contribution in [0.1, 0.15) is 27.0 Å². The summed E-state index contributed by atoms with van der Waals surface area (Å²) in [6.07, 6.45) is 0. The number of nitrogens with one attached hydrogen (secondary N) is 1. The second-order valence-corrected chi connectivity index (χ2v) is 6.05. The molecular formula is C16H15FINO2. The molecule has 0 aliphatic carbocycles. The largest absolute Gasteiger partial charge is 0.507 e. The molecule has 2 rings (SSSR count). The van der Waals surface area contributed by atoms with Crippen molar-refractivity contribution < 1.29 is 14.3 Å². The summed E-state index contributed by atoms with van der Waals surface area (Å²) in [7, 11) is 0. The first-order valence-electron chi connectivity index (χ1n) is 6.41. The van der Waals surface area contributed by atoms with Gasteiger partial charge < -0.3 is 10.4 Å². The molecule has 0 radical (unpaired) electrons. The fourth-order valence-corrected chi connectivity index (χ4v) is 2.41. The zero-order chi connectivity index (χ0) is 15.6. The molecule has 0 saturated carbocycles. The number of phenols is 1. The van der Waals surface area contributed by atoms with Gasteiger partial charge in [-0.2, -0.15) is 0 Å². The second-order valence-electron chi connectivity index (χ2n) is 4.89. The lowest BCUT2D eigenvalue weighted by Crippen LogP contribution is -2.23. The third-order valence-electron chi connectivity index (χ3n) is 3.16. The molecule has 0 atom stereocenters. The van der Waals surface area contributed by atoms with E-state index in [-0.39, 0.29) is 17.5 Å². The predicted octanol–water partition coefficient (Wildman–Crippen LogP) is 3.68. The first-order valence-corrected chi connectivity index (χ1v) is 7.48. The Morgan fingerprint density at radius 3 is 2.43 bits per heavy atom. The summed E-state index contributed by atoms with van der Waals surface area (Å²) in [5.74, 6) is -0.411. The van der Waals surface area contributed by atoms with Crippen molar-refractivity contribution in [2.24, 2.45) is 0 Å². The van der Waals surface area contributed by atoms with Crippen LogP contribution in [0.4, 0.5) is 4.39 Å². The summed E-state index contributed by atoms with van der Waals surface area (Å²) >= 11 is 1.99. The number of hydrogen-bond donors (Lipinski definition) is 2. The number of halogens is 2. The highest BCUT2D eigenvalue weighted by Gasteiger charge is 2.09. The van der Waals surface area contributed by atoms with Crippen LogP contribution in [-0.2, 0) is 6.54 Å². The van der Waals surface area contributed by atoms with Crippen LogP contribution in [0, 0.1) is 23.2 Å². The molecule has 0 heterocycles. The number of carbonyl (C=O) groups is 1. The summed E-state index contributed by atoms with van der Waals surface area (Å²) < 4.78 is 14.2. The van der Waals surface area contributed by atoms with Gasteiger partial charge in [-0.25, -0.2) is 4.39 Å². The molecule has 1 amide bonds.